The van der Waals surface area contributed by atoms with E-state index in [1.807, 2.05) is 0 Å². The van der Waals surface area contributed by atoms with Gasteiger partial charge in [-0.15, -0.1) is 0 Å². The van der Waals surface area contributed by atoms with Crippen LogP contribution in [0.3, 0.4) is 0 Å². The van der Waals surface area contributed by atoms with Crippen molar-refractivity contribution in [3.8, 4) is 11.1 Å². The molecule has 0 aliphatic heterocycles. The summed E-state index contributed by atoms with van der Waals surface area (Å²) in [7, 11) is 0. The van der Waals surface area contributed by atoms with Crippen LogP contribution in [-0.4, -0.2) is 0 Å². The lowest BCUT2D eigenvalue weighted by Crippen LogP contribution is -2.25. The third-order valence-electron chi connectivity index (χ3n) is 5.31. The van der Waals surface area contributed by atoms with E-state index in [2.05, 4.69) is 79.4 Å². The van der Waals surface area contributed by atoms with Gasteiger partial charge in [0, 0.05) is 0 Å². The quantitative estimate of drug-likeness (QED) is 0.502. The Morgan fingerprint density at radius 3 is 1.77 bits per heavy atom. The van der Waals surface area contributed by atoms with E-state index in [1.54, 1.807) is 0 Å². The van der Waals surface area contributed by atoms with Gasteiger partial charge in [-0.2, -0.15) is 0 Å². The van der Waals surface area contributed by atoms with E-state index >= 15 is 0 Å². The van der Waals surface area contributed by atoms with Crippen LogP contribution in [0.1, 0.15) is 22.3 Å². The molecule has 5 rings (SSSR count). The number of benzene rings is 3. The molecule has 0 aromatic heterocycles. The molecule has 0 nitrogen and oxygen atoms in total. The first-order valence-corrected chi connectivity index (χ1v) is 7.79. The Kier molecular flexibility index (Phi) is 2.17. The predicted octanol–water partition coefficient (Wildman–Crippen LogP) is 5.11. The maximum atomic E-state index is 4.50. The zero-order valence-corrected chi connectivity index (χ0v) is 12.3. The van der Waals surface area contributed by atoms with Gasteiger partial charge >= 0.3 is 0 Å². The molecule has 0 saturated carbocycles. The summed E-state index contributed by atoms with van der Waals surface area (Å²) >= 11 is 0. The third kappa shape index (κ3) is 1.20. The summed E-state index contributed by atoms with van der Waals surface area (Å²) in [4.78, 5) is 0. The highest BCUT2D eigenvalue weighted by Crippen LogP contribution is 2.59. The summed E-state index contributed by atoms with van der Waals surface area (Å²) in [5.74, 6) is 0. The zero-order chi connectivity index (χ0) is 14.7. The number of rotatable bonds is 0. The first-order chi connectivity index (χ1) is 10.8. The fraction of sp³-hybridized carbons (Fsp3) is 0.0909. The van der Waals surface area contributed by atoms with Crippen molar-refractivity contribution in [1.29, 1.82) is 0 Å². The second-order valence-electron chi connectivity index (χ2n) is 6.28. The summed E-state index contributed by atoms with van der Waals surface area (Å²) in [6.07, 6.45) is 0.971. The lowest BCUT2D eigenvalue weighted by molar-refractivity contribution is 0.776. The molecule has 0 atom stereocenters. The Balaban J connectivity index is 1.99. The van der Waals surface area contributed by atoms with E-state index in [0.717, 1.165) is 6.42 Å². The molecule has 0 N–H and O–H groups in total. The van der Waals surface area contributed by atoms with Gasteiger partial charge in [-0.25, -0.2) is 0 Å². The summed E-state index contributed by atoms with van der Waals surface area (Å²) in [6, 6.07) is 26.5. The van der Waals surface area contributed by atoms with Crippen LogP contribution in [0, 0.1) is 0 Å². The summed E-state index contributed by atoms with van der Waals surface area (Å²) in [5.41, 5.74) is 9.48. The number of hydrogen-bond donors (Lipinski definition) is 0. The van der Waals surface area contributed by atoms with Crippen molar-refractivity contribution in [3.05, 3.63) is 107 Å². The molecule has 104 valence electrons. The molecule has 2 aliphatic carbocycles. The van der Waals surface area contributed by atoms with E-state index in [0.29, 0.717) is 0 Å². The Morgan fingerprint density at radius 2 is 1.14 bits per heavy atom. The Bertz CT molecular complexity index is 885. The monoisotopic (exact) mass is 280 g/mol. The van der Waals surface area contributed by atoms with Crippen LogP contribution >= 0.6 is 0 Å². The minimum Gasteiger partial charge on any atom is -0.0980 e. The highest BCUT2D eigenvalue weighted by Gasteiger charge is 2.50. The second kappa shape index (κ2) is 3.98. The third-order valence-corrected chi connectivity index (χ3v) is 5.31. The minimum atomic E-state index is -0.149. The lowest BCUT2D eigenvalue weighted by atomic mass is 9.71. The SMILES string of the molecule is C=C1Cc2ccccc2C12c1ccccc1-c1ccccc12. The van der Waals surface area contributed by atoms with Crippen molar-refractivity contribution in [2.45, 2.75) is 11.8 Å². The van der Waals surface area contributed by atoms with Gasteiger partial charge in [0.2, 0.25) is 0 Å². The van der Waals surface area contributed by atoms with Gasteiger partial charge < -0.3 is 0 Å². The number of hydrogen-bond acceptors (Lipinski definition) is 0. The van der Waals surface area contributed by atoms with E-state index in [9.17, 15) is 0 Å². The molecule has 0 unspecified atom stereocenters. The smallest absolute Gasteiger partial charge is 0.0676 e. The van der Waals surface area contributed by atoms with Crippen LogP contribution in [0.15, 0.2) is 84.9 Å². The van der Waals surface area contributed by atoms with Crippen molar-refractivity contribution in [1.82, 2.24) is 0 Å². The molecular formula is C22H16. The first-order valence-electron chi connectivity index (χ1n) is 7.79. The van der Waals surface area contributed by atoms with E-state index in [1.165, 1.54) is 39.0 Å². The summed E-state index contributed by atoms with van der Waals surface area (Å²) in [5, 5.41) is 0. The van der Waals surface area contributed by atoms with Gasteiger partial charge in [0.05, 0.1) is 5.41 Å². The van der Waals surface area contributed by atoms with Gasteiger partial charge in [-0.1, -0.05) is 84.9 Å². The van der Waals surface area contributed by atoms with E-state index in [-0.39, 0.29) is 5.41 Å². The molecule has 0 heteroatoms. The second-order valence-corrected chi connectivity index (χ2v) is 6.28. The largest absolute Gasteiger partial charge is 0.0980 e. The van der Waals surface area contributed by atoms with Gasteiger partial charge in [0.15, 0.2) is 0 Å². The van der Waals surface area contributed by atoms with E-state index in [4.69, 9.17) is 0 Å². The van der Waals surface area contributed by atoms with Crippen molar-refractivity contribution in [2.75, 3.05) is 0 Å². The maximum absolute atomic E-state index is 4.50. The number of fused-ring (bicyclic) bond motifs is 7. The number of allylic oxidation sites excluding steroid dienone is 1. The molecule has 0 bridgehead atoms. The van der Waals surface area contributed by atoms with Crippen LogP contribution in [0.4, 0.5) is 0 Å². The van der Waals surface area contributed by atoms with Crippen molar-refractivity contribution < 1.29 is 0 Å². The van der Waals surface area contributed by atoms with Crippen molar-refractivity contribution >= 4 is 0 Å². The molecule has 1 spiro atoms. The van der Waals surface area contributed by atoms with Crippen molar-refractivity contribution in [3.63, 3.8) is 0 Å². The molecular weight excluding hydrogens is 264 g/mol. The topological polar surface area (TPSA) is 0 Å². The van der Waals surface area contributed by atoms with Crippen LogP contribution < -0.4 is 0 Å². The van der Waals surface area contributed by atoms with Gasteiger partial charge in [-0.05, 0) is 39.8 Å². The summed E-state index contributed by atoms with van der Waals surface area (Å²) < 4.78 is 0. The lowest BCUT2D eigenvalue weighted by Gasteiger charge is -2.30. The molecule has 22 heavy (non-hydrogen) atoms. The van der Waals surface area contributed by atoms with Gasteiger partial charge in [-0.3, -0.25) is 0 Å². The fourth-order valence-electron chi connectivity index (χ4n) is 4.50. The van der Waals surface area contributed by atoms with Gasteiger partial charge in [0.1, 0.15) is 0 Å². The highest BCUT2D eigenvalue weighted by molar-refractivity contribution is 5.87. The van der Waals surface area contributed by atoms with Crippen LogP contribution in [0.25, 0.3) is 11.1 Å². The fourth-order valence-corrected chi connectivity index (χ4v) is 4.50. The predicted molar refractivity (Wildman–Crippen MR) is 91.0 cm³/mol. The van der Waals surface area contributed by atoms with E-state index < -0.39 is 0 Å². The maximum Gasteiger partial charge on any atom is 0.0676 e. The first kappa shape index (κ1) is 12.0. The van der Waals surface area contributed by atoms with Gasteiger partial charge in [0.25, 0.3) is 0 Å². The zero-order valence-electron chi connectivity index (χ0n) is 12.3. The van der Waals surface area contributed by atoms with Crippen molar-refractivity contribution in [2.24, 2.45) is 0 Å². The molecule has 0 heterocycles. The highest BCUT2D eigenvalue weighted by atomic mass is 14.5. The normalized spacial score (nSPS) is 16.5. The molecule has 3 aromatic carbocycles. The molecule has 3 aromatic rings. The van der Waals surface area contributed by atoms with Crippen LogP contribution in [0.2, 0.25) is 0 Å². The Morgan fingerprint density at radius 1 is 0.636 bits per heavy atom. The molecule has 0 amide bonds. The molecule has 2 aliphatic rings. The Labute approximate surface area is 130 Å². The molecule has 0 saturated heterocycles. The summed E-state index contributed by atoms with van der Waals surface area (Å²) in [6.45, 7) is 4.50. The van der Waals surface area contributed by atoms with Crippen LogP contribution in [-0.2, 0) is 11.8 Å². The molecule has 0 fully saturated rings. The minimum absolute atomic E-state index is 0.149. The standard InChI is InChI=1S/C22H16/c1-15-14-16-8-2-5-11-19(16)22(15)20-12-6-3-9-17(20)18-10-4-7-13-21(18)22/h2-13H,1,14H2. The van der Waals surface area contributed by atoms with Crippen LogP contribution in [0.5, 0.6) is 0 Å². The molecule has 0 radical (unpaired) electrons. The average molecular weight is 280 g/mol. The average Bonchev–Trinajstić information content (AvgIpc) is 3.04. The Hall–Kier alpha value is -2.60.